The molecule has 0 heterocycles. The van der Waals surface area contributed by atoms with Gasteiger partial charge in [-0.3, -0.25) is 0 Å². The molecule has 0 aliphatic heterocycles. The van der Waals surface area contributed by atoms with Crippen molar-refractivity contribution in [1.29, 1.82) is 0 Å². The smallest absolute Gasteiger partial charge is 0.0622 e. The van der Waals surface area contributed by atoms with E-state index in [0.717, 1.165) is 0 Å². The third kappa shape index (κ3) is 4.38. The van der Waals surface area contributed by atoms with E-state index in [9.17, 15) is 0 Å². The molecule has 1 spiro atoms. The summed E-state index contributed by atoms with van der Waals surface area (Å²) in [5.74, 6) is 0. The van der Waals surface area contributed by atoms with Gasteiger partial charge in [-0.05, 0) is 139 Å². The molecule has 0 amide bonds. The van der Waals surface area contributed by atoms with Crippen LogP contribution in [-0.4, -0.2) is 0 Å². The zero-order valence-electron chi connectivity index (χ0n) is 32.3. The van der Waals surface area contributed by atoms with E-state index in [1.165, 1.54) is 121 Å². The third-order valence-electron chi connectivity index (χ3n) is 13.4. The molecule has 0 saturated carbocycles. The van der Waals surface area contributed by atoms with Gasteiger partial charge in [0.05, 0.1) is 5.41 Å². The molecule has 0 radical (unpaired) electrons. The van der Waals surface area contributed by atoms with Gasteiger partial charge in [0.2, 0.25) is 0 Å². The highest BCUT2D eigenvalue weighted by Gasteiger charge is 2.52. The molecule has 0 saturated heterocycles. The van der Waals surface area contributed by atoms with Crippen LogP contribution in [0.4, 0.5) is 0 Å². The fourth-order valence-electron chi connectivity index (χ4n) is 11.1. The molecule has 0 fully saturated rings. The van der Waals surface area contributed by atoms with E-state index in [4.69, 9.17) is 0 Å². The Morgan fingerprint density at radius 2 is 0.746 bits per heavy atom. The maximum Gasteiger partial charge on any atom is 0.0725 e. The van der Waals surface area contributed by atoms with Crippen LogP contribution >= 0.6 is 0 Å². The normalized spacial score (nSPS) is 13.2. The van der Waals surface area contributed by atoms with Gasteiger partial charge in [0.25, 0.3) is 0 Å². The van der Waals surface area contributed by atoms with Gasteiger partial charge < -0.3 is 0 Å². The lowest BCUT2D eigenvalue weighted by atomic mass is 9.70. The van der Waals surface area contributed by atoms with Gasteiger partial charge in [-0.2, -0.15) is 0 Å². The van der Waals surface area contributed by atoms with Gasteiger partial charge in [0.1, 0.15) is 0 Å². The highest BCUT2D eigenvalue weighted by molar-refractivity contribution is 6.23. The van der Waals surface area contributed by atoms with Crippen molar-refractivity contribution in [2.45, 2.75) is 5.41 Å². The van der Waals surface area contributed by atoms with Crippen LogP contribution in [0.15, 0.2) is 218 Å². The van der Waals surface area contributed by atoms with Crippen molar-refractivity contribution in [2.24, 2.45) is 0 Å². The predicted molar refractivity (Wildman–Crippen MR) is 249 cm³/mol. The standard InChI is InChI=1S/C59H36/c1-2-16-37(17-3-1)42-19-6-7-23-46(42)57-49-26-10-8-24-47(49)56(48-25-9-11-27-50(48)57)40-31-30-39-35-51-55(36-41(39)34-40)59(54-33-32-38-18-4-5-20-43(38)58(51)54)52-28-14-12-21-44(52)45-22-13-15-29-53(45)59/h1-36H. The van der Waals surface area contributed by atoms with E-state index in [1.54, 1.807) is 0 Å². The van der Waals surface area contributed by atoms with Crippen molar-refractivity contribution in [1.82, 2.24) is 0 Å². The van der Waals surface area contributed by atoms with E-state index in [-0.39, 0.29) is 0 Å². The minimum atomic E-state index is -0.417. The van der Waals surface area contributed by atoms with Crippen molar-refractivity contribution in [3.8, 4) is 55.6 Å². The molecule has 0 bridgehead atoms. The molecule has 0 heteroatoms. The van der Waals surface area contributed by atoms with E-state index in [1.807, 2.05) is 0 Å². The van der Waals surface area contributed by atoms with Crippen molar-refractivity contribution >= 4 is 43.1 Å². The summed E-state index contributed by atoms with van der Waals surface area (Å²) in [5.41, 5.74) is 17.9. The second kappa shape index (κ2) is 12.2. The highest BCUT2D eigenvalue weighted by Crippen LogP contribution is 2.64. The second-order valence-electron chi connectivity index (χ2n) is 16.3. The Balaban J connectivity index is 1.10. The zero-order chi connectivity index (χ0) is 38.7. The van der Waals surface area contributed by atoms with Crippen molar-refractivity contribution < 1.29 is 0 Å². The molecule has 0 atom stereocenters. The molecule has 2 aliphatic rings. The first-order chi connectivity index (χ1) is 29.3. The Bertz CT molecular complexity index is 3450. The lowest BCUT2D eigenvalue weighted by Crippen LogP contribution is -2.25. The predicted octanol–water partition coefficient (Wildman–Crippen LogP) is 15.6. The van der Waals surface area contributed by atoms with E-state index >= 15 is 0 Å². The maximum atomic E-state index is 2.54. The topological polar surface area (TPSA) is 0 Å². The molecular formula is C59H36. The molecule has 0 nitrogen and oxygen atoms in total. The number of benzene rings is 11. The first kappa shape index (κ1) is 32.5. The maximum absolute atomic E-state index is 2.54. The summed E-state index contributed by atoms with van der Waals surface area (Å²) in [6.45, 7) is 0. The Labute approximate surface area is 343 Å². The summed E-state index contributed by atoms with van der Waals surface area (Å²) in [7, 11) is 0. The van der Waals surface area contributed by atoms with Crippen molar-refractivity contribution in [3.63, 3.8) is 0 Å². The fourth-order valence-corrected chi connectivity index (χ4v) is 11.1. The van der Waals surface area contributed by atoms with Crippen LogP contribution in [0.5, 0.6) is 0 Å². The molecule has 0 aromatic heterocycles. The summed E-state index contributed by atoms with van der Waals surface area (Å²) in [6, 6.07) is 81.8. The average molecular weight is 745 g/mol. The molecule has 59 heavy (non-hydrogen) atoms. The Morgan fingerprint density at radius 1 is 0.220 bits per heavy atom. The molecule has 2 aliphatic carbocycles. The minimum Gasteiger partial charge on any atom is -0.0622 e. The first-order valence-electron chi connectivity index (χ1n) is 20.7. The van der Waals surface area contributed by atoms with E-state index in [0.29, 0.717) is 0 Å². The van der Waals surface area contributed by atoms with Crippen LogP contribution in [0.2, 0.25) is 0 Å². The van der Waals surface area contributed by atoms with Gasteiger partial charge in [-0.25, -0.2) is 0 Å². The van der Waals surface area contributed by atoms with Crippen molar-refractivity contribution in [2.75, 3.05) is 0 Å². The number of rotatable bonds is 3. The van der Waals surface area contributed by atoms with Gasteiger partial charge in [0.15, 0.2) is 0 Å². The van der Waals surface area contributed by atoms with Crippen molar-refractivity contribution in [3.05, 3.63) is 241 Å². The quantitative estimate of drug-likeness (QED) is 0.158. The van der Waals surface area contributed by atoms with Crippen LogP contribution in [0.3, 0.4) is 0 Å². The SMILES string of the molecule is c1ccc(-c2ccccc2-c2c3ccccc3c(-c3ccc4cc5c(cc4c3)C3(c4ccccc4-c4ccccc43)c3ccc4ccccc4c3-5)c3ccccc23)cc1. The van der Waals surface area contributed by atoms with Gasteiger partial charge in [-0.15, -0.1) is 0 Å². The van der Waals surface area contributed by atoms with Gasteiger partial charge in [-0.1, -0.05) is 200 Å². The molecule has 13 rings (SSSR count). The van der Waals surface area contributed by atoms with Gasteiger partial charge >= 0.3 is 0 Å². The van der Waals surface area contributed by atoms with Crippen LogP contribution in [0, 0.1) is 0 Å². The van der Waals surface area contributed by atoms with E-state index < -0.39 is 5.41 Å². The Kier molecular flexibility index (Phi) is 6.74. The Hall–Kier alpha value is -7.54. The summed E-state index contributed by atoms with van der Waals surface area (Å²) in [6.07, 6.45) is 0. The summed E-state index contributed by atoms with van der Waals surface area (Å²) < 4.78 is 0. The molecule has 0 unspecified atom stereocenters. The zero-order valence-corrected chi connectivity index (χ0v) is 32.3. The fraction of sp³-hybridized carbons (Fsp3) is 0.0169. The molecule has 0 N–H and O–H groups in total. The minimum absolute atomic E-state index is 0.417. The number of hydrogen-bond donors (Lipinski definition) is 0. The Morgan fingerprint density at radius 3 is 1.42 bits per heavy atom. The molecule has 11 aromatic rings. The lowest BCUT2D eigenvalue weighted by Gasteiger charge is -2.30. The van der Waals surface area contributed by atoms with Crippen LogP contribution in [0.1, 0.15) is 22.3 Å². The summed E-state index contributed by atoms with van der Waals surface area (Å²) in [5, 5.41) is 10.2. The van der Waals surface area contributed by atoms with E-state index in [2.05, 4.69) is 218 Å². The van der Waals surface area contributed by atoms with Crippen LogP contribution < -0.4 is 0 Å². The van der Waals surface area contributed by atoms with Crippen LogP contribution in [-0.2, 0) is 5.41 Å². The second-order valence-corrected chi connectivity index (χ2v) is 16.3. The molecule has 272 valence electrons. The number of fused-ring (bicyclic) bond motifs is 15. The third-order valence-corrected chi connectivity index (χ3v) is 13.4. The lowest BCUT2D eigenvalue weighted by molar-refractivity contribution is 0.795. The largest absolute Gasteiger partial charge is 0.0725 e. The average Bonchev–Trinajstić information content (AvgIpc) is 3.77. The molecule has 11 aromatic carbocycles. The highest BCUT2D eigenvalue weighted by atomic mass is 14.5. The molecular weight excluding hydrogens is 709 g/mol. The number of hydrogen-bond acceptors (Lipinski definition) is 0. The van der Waals surface area contributed by atoms with Gasteiger partial charge in [0, 0.05) is 0 Å². The summed E-state index contributed by atoms with van der Waals surface area (Å²) >= 11 is 0. The summed E-state index contributed by atoms with van der Waals surface area (Å²) in [4.78, 5) is 0. The van der Waals surface area contributed by atoms with Crippen LogP contribution in [0.25, 0.3) is 98.7 Å². The monoisotopic (exact) mass is 744 g/mol. The first-order valence-corrected chi connectivity index (χ1v) is 20.7.